The molecule has 4 rings (SSSR count). The van der Waals surface area contributed by atoms with Crippen LogP contribution in [-0.2, 0) is 11.3 Å². The molecule has 1 atom stereocenters. The van der Waals surface area contributed by atoms with Crippen molar-refractivity contribution in [2.24, 2.45) is 0 Å². The van der Waals surface area contributed by atoms with E-state index in [1.807, 2.05) is 19.1 Å². The van der Waals surface area contributed by atoms with Crippen LogP contribution in [0.1, 0.15) is 12.5 Å². The highest BCUT2D eigenvalue weighted by Crippen LogP contribution is 2.32. The minimum absolute atomic E-state index is 0.0152. The molecular formula is C23H31N3O5+2. The SMILES string of the molecule is COc1ccc(NC(=O)[C@@H](C)[NH+]2CC[NH+](Cc3ccc4c(c3)OCO4)CC2)cc1OC. The molecule has 8 nitrogen and oxygen atoms in total. The van der Waals surface area contributed by atoms with E-state index in [0.29, 0.717) is 24.0 Å². The molecule has 2 heterocycles. The van der Waals surface area contributed by atoms with Gasteiger partial charge in [-0.1, -0.05) is 0 Å². The Bertz CT molecular complexity index is 927. The van der Waals surface area contributed by atoms with Crippen molar-refractivity contribution in [3.63, 3.8) is 0 Å². The van der Waals surface area contributed by atoms with E-state index in [4.69, 9.17) is 18.9 Å². The molecule has 8 heteroatoms. The summed E-state index contributed by atoms with van der Waals surface area (Å²) in [7, 11) is 3.18. The summed E-state index contributed by atoms with van der Waals surface area (Å²) in [5, 5.41) is 3.01. The third-order valence-electron chi connectivity index (χ3n) is 6.15. The molecule has 0 bridgehead atoms. The number of benzene rings is 2. The highest BCUT2D eigenvalue weighted by Gasteiger charge is 2.31. The van der Waals surface area contributed by atoms with Gasteiger partial charge >= 0.3 is 0 Å². The fourth-order valence-electron chi connectivity index (χ4n) is 4.22. The first kappa shape index (κ1) is 21.3. The number of piperazine rings is 1. The third kappa shape index (κ3) is 4.86. The second-order valence-electron chi connectivity index (χ2n) is 8.05. The van der Waals surface area contributed by atoms with Crippen molar-refractivity contribution >= 4 is 11.6 Å². The fraction of sp³-hybridized carbons (Fsp3) is 0.435. The van der Waals surface area contributed by atoms with Gasteiger partial charge in [0.1, 0.15) is 32.7 Å². The monoisotopic (exact) mass is 429 g/mol. The molecule has 2 aliphatic heterocycles. The normalized spacial score (nSPS) is 20.7. The van der Waals surface area contributed by atoms with Crippen LogP contribution in [0.4, 0.5) is 5.69 Å². The largest absolute Gasteiger partial charge is 0.493 e. The maximum atomic E-state index is 12.8. The van der Waals surface area contributed by atoms with Crippen molar-refractivity contribution in [3.8, 4) is 23.0 Å². The van der Waals surface area contributed by atoms with Gasteiger partial charge in [-0.15, -0.1) is 0 Å². The van der Waals surface area contributed by atoms with Crippen LogP contribution in [0, 0.1) is 0 Å². The Morgan fingerprint density at radius 3 is 2.48 bits per heavy atom. The van der Waals surface area contributed by atoms with Crippen LogP contribution in [0.25, 0.3) is 0 Å². The lowest BCUT2D eigenvalue weighted by Crippen LogP contribution is -3.29. The summed E-state index contributed by atoms with van der Waals surface area (Å²) in [5.41, 5.74) is 1.96. The molecule has 31 heavy (non-hydrogen) atoms. The van der Waals surface area contributed by atoms with Gasteiger partial charge in [0.25, 0.3) is 5.91 Å². The van der Waals surface area contributed by atoms with E-state index in [0.717, 1.165) is 44.2 Å². The number of amides is 1. The molecule has 2 aliphatic rings. The Morgan fingerprint density at radius 2 is 1.74 bits per heavy atom. The number of carbonyl (C=O) groups is 1. The first-order valence-corrected chi connectivity index (χ1v) is 10.7. The van der Waals surface area contributed by atoms with Gasteiger partial charge in [-0.05, 0) is 37.3 Å². The lowest BCUT2D eigenvalue weighted by atomic mass is 10.1. The van der Waals surface area contributed by atoms with Crippen LogP contribution in [0.3, 0.4) is 0 Å². The summed E-state index contributed by atoms with van der Waals surface area (Å²) in [6.07, 6.45) is 0. The summed E-state index contributed by atoms with van der Waals surface area (Å²) >= 11 is 0. The number of hydrogen-bond acceptors (Lipinski definition) is 5. The van der Waals surface area contributed by atoms with Crippen molar-refractivity contribution in [2.45, 2.75) is 19.5 Å². The Balaban J connectivity index is 1.28. The second kappa shape index (κ2) is 9.45. The molecule has 2 aromatic carbocycles. The smallest absolute Gasteiger partial charge is 0.282 e. The van der Waals surface area contributed by atoms with E-state index >= 15 is 0 Å². The number of carbonyl (C=O) groups excluding carboxylic acids is 1. The van der Waals surface area contributed by atoms with Crippen LogP contribution in [0.2, 0.25) is 0 Å². The maximum Gasteiger partial charge on any atom is 0.282 e. The lowest BCUT2D eigenvalue weighted by Gasteiger charge is -2.32. The van der Waals surface area contributed by atoms with Gasteiger partial charge in [0.15, 0.2) is 29.0 Å². The van der Waals surface area contributed by atoms with Crippen molar-refractivity contribution in [1.82, 2.24) is 0 Å². The van der Waals surface area contributed by atoms with Crippen molar-refractivity contribution in [1.29, 1.82) is 0 Å². The van der Waals surface area contributed by atoms with Gasteiger partial charge in [-0.3, -0.25) is 4.79 Å². The van der Waals surface area contributed by atoms with Gasteiger partial charge in [0.2, 0.25) is 6.79 Å². The third-order valence-corrected chi connectivity index (χ3v) is 6.15. The predicted octanol–water partition coefficient (Wildman–Crippen LogP) is -0.257. The van der Waals surface area contributed by atoms with Crippen LogP contribution >= 0.6 is 0 Å². The van der Waals surface area contributed by atoms with Crippen LogP contribution in [0.5, 0.6) is 23.0 Å². The second-order valence-corrected chi connectivity index (χ2v) is 8.05. The molecule has 1 amide bonds. The minimum atomic E-state index is -0.125. The molecule has 2 aromatic rings. The quantitative estimate of drug-likeness (QED) is 0.566. The summed E-state index contributed by atoms with van der Waals surface area (Å²) in [6, 6.07) is 11.5. The van der Waals surface area contributed by atoms with Gasteiger partial charge in [-0.25, -0.2) is 0 Å². The van der Waals surface area contributed by atoms with Crippen LogP contribution in [0.15, 0.2) is 36.4 Å². The van der Waals surface area contributed by atoms with E-state index in [1.165, 1.54) is 15.4 Å². The summed E-state index contributed by atoms with van der Waals surface area (Å²) < 4.78 is 21.5. The number of fused-ring (bicyclic) bond motifs is 1. The van der Waals surface area contributed by atoms with E-state index in [9.17, 15) is 4.79 Å². The molecule has 0 radical (unpaired) electrons. The van der Waals surface area contributed by atoms with Gasteiger partial charge < -0.3 is 34.1 Å². The highest BCUT2D eigenvalue weighted by atomic mass is 16.7. The average molecular weight is 430 g/mol. The molecule has 166 valence electrons. The number of nitrogens with one attached hydrogen (secondary N) is 3. The van der Waals surface area contributed by atoms with Gasteiger partial charge in [0, 0.05) is 17.3 Å². The number of rotatable bonds is 7. The summed E-state index contributed by atoms with van der Waals surface area (Å²) in [4.78, 5) is 15.6. The van der Waals surface area contributed by atoms with Gasteiger partial charge in [0.05, 0.1) is 14.2 Å². The van der Waals surface area contributed by atoms with E-state index in [1.54, 1.807) is 26.4 Å². The molecule has 1 fully saturated rings. The van der Waals surface area contributed by atoms with Crippen molar-refractivity contribution in [3.05, 3.63) is 42.0 Å². The Hall–Kier alpha value is -2.97. The molecule has 0 unspecified atom stereocenters. The summed E-state index contributed by atoms with van der Waals surface area (Å²) in [6.45, 7) is 7.22. The van der Waals surface area contributed by atoms with Crippen LogP contribution < -0.4 is 34.1 Å². The van der Waals surface area contributed by atoms with Crippen LogP contribution in [-0.4, -0.2) is 59.1 Å². The first-order chi connectivity index (χ1) is 15.1. The van der Waals surface area contributed by atoms with E-state index < -0.39 is 0 Å². The molecule has 0 aliphatic carbocycles. The number of methoxy groups -OCH3 is 2. The Morgan fingerprint density at radius 1 is 1.00 bits per heavy atom. The molecule has 0 spiro atoms. The molecule has 1 saturated heterocycles. The van der Waals surface area contributed by atoms with Crippen molar-refractivity contribution < 1.29 is 33.5 Å². The zero-order valence-electron chi connectivity index (χ0n) is 18.3. The predicted molar refractivity (Wildman–Crippen MR) is 115 cm³/mol. The van der Waals surface area contributed by atoms with Crippen molar-refractivity contribution in [2.75, 3.05) is 52.5 Å². The minimum Gasteiger partial charge on any atom is -0.493 e. The molecular weight excluding hydrogens is 398 g/mol. The molecule has 0 saturated carbocycles. The first-order valence-electron chi connectivity index (χ1n) is 10.7. The number of hydrogen-bond donors (Lipinski definition) is 3. The zero-order chi connectivity index (χ0) is 21.8. The molecule has 3 N–H and O–H groups in total. The molecule has 0 aromatic heterocycles. The number of anilines is 1. The average Bonchev–Trinajstić information content (AvgIpc) is 3.27. The maximum absolute atomic E-state index is 12.8. The number of quaternary nitrogens is 2. The lowest BCUT2D eigenvalue weighted by molar-refractivity contribution is -1.02. The highest BCUT2D eigenvalue weighted by molar-refractivity contribution is 5.93. The summed E-state index contributed by atoms with van der Waals surface area (Å²) in [5.74, 6) is 2.91. The topological polar surface area (TPSA) is 74.9 Å². The fourth-order valence-corrected chi connectivity index (χ4v) is 4.22. The number of ether oxygens (including phenoxy) is 4. The van der Waals surface area contributed by atoms with E-state index in [-0.39, 0.29) is 11.9 Å². The standard InChI is InChI=1S/C23H29N3O5/c1-16(23(27)24-18-5-7-19(28-2)21(13-18)29-3)26-10-8-25(9-11-26)14-17-4-6-20-22(12-17)31-15-30-20/h4-7,12-13,16H,8-11,14-15H2,1-3H3,(H,24,27)/p+2/t16-/m1/s1. The Kier molecular flexibility index (Phi) is 6.48. The zero-order valence-corrected chi connectivity index (χ0v) is 18.3. The van der Waals surface area contributed by atoms with Gasteiger partial charge in [-0.2, -0.15) is 0 Å². The van der Waals surface area contributed by atoms with E-state index in [2.05, 4.69) is 17.4 Å². The Labute approximate surface area is 182 Å².